The van der Waals surface area contributed by atoms with Crippen molar-refractivity contribution in [1.82, 2.24) is 10.3 Å². The van der Waals surface area contributed by atoms with Crippen LogP contribution in [0.15, 0.2) is 29.6 Å². The molecule has 0 unspecified atom stereocenters. The number of hydrogen-bond donors (Lipinski definition) is 2. The fraction of sp³-hybridized carbons (Fsp3) is 0.353. The maximum atomic E-state index is 12.2. The molecule has 1 heterocycles. The molecular weight excluding hydrogens is 348 g/mol. The standard InChI is InChI=1S/C17H17ClN2O3S/c18-13-6-2-1-4-11(13)16-19-10(9-24-16)8-15(21)20-14-7-3-5-12(14)17(22)23/h1-2,4,6,9,12,14H,3,5,7-8H2,(H,20,21)(H,22,23)/t12-,14+/m1/s1. The number of nitrogens with zero attached hydrogens (tertiary/aromatic N) is 1. The highest BCUT2D eigenvalue weighted by Gasteiger charge is 2.33. The summed E-state index contributed by atoms with van der Waals surface area (Å²) in [5.41, 5.74) is 1.51. The average molecular weight is 365 g/mol. The minimum Gasteiger partial charge on any atom is -0.481 e. The molecule has 1 aromatic heterocycles. The lowest BCUT2D eigenvalue weighted by atomic mass is 10.0. The van der Waals surface area contributed by atoms with Crippen molar-refractivity contribution in [2.45, 2.75) is 31.7 Å². The van der Waals surface area contributed by atoms with Crippen molar-refractivity contribution >= 4 is 34.8 Å². The molecule has 7 heteroatoms. The molecule has 1 fully saturated rings. The lowest BCUT2D eigenvalue weighted by Gasteiger charge is -2.17. The van der Waals surface area contributed by atoms with E-state index in [-0.39, 0.29) is 18.4 Å². The topological polar surface area (TPSA) is 79.3 Å². The highest BCUT2D eigenvalue weighted by atomic mass is 35.5. The van der Waals surface area contributed by atoms with Gasteiger partial charge in [-0.3, -0.25) is 9.59 Å². The van der Waals surface area contributed by atoms with Gasteiger partial charge in [0, 0.05) is 17.0 Å². The van der Waals surface area contributed by atoms with Crippen molar-refractivity contribution in [3.8, 4) is 10.6 Å². The Morgan fingerprint density at radius 3 is 2.88 bits per heavy atom. The number of rotatable bonds is 5. The third-order valence-corrected chi connectivity index (χ3v) is 5.43. The lowest BCUT2D eigenvalue weighted by molar-refractivity contribution is -0.142. The molecule has 2 N–H and O–H groups in total. The molecule has 1 aromatic carbocycles. The van der Waals surface area contributed by atoms with Crippen molar-refractivity contribution in [2.75, 3.05) is 0 Å². The first-order chi connectivity index (χ1) is 11.5. The van der Waals surface area contributed by atoms with Crippen molar-refractivity contribution < 1.29 is 14.7 Å². The molecule has 0 bridgehead atoms. The van der Waals surface area contributed by atoms with Crippen LogP contribution in [0.25, 0.3) is 10.6 Å². The number of halogens is 1. The minimum absolute atomic E-state index is 0.143. The van der Waals surface area contributed by atoms with Crippen molar-refractivity contribution in [2.24, 2.45) is 5.92 Å². The molecule has 1 aliphatic rings. The molecule has 2 atom stereocenters. The Hall–Kier alpha value is -1.92. The van der Waals surface area contributed by atoms with E-state index >= 15 is 0 Å². The van der Waals surface area contributed by atoms with Crippen LogP contribution >= 0.6 is 22.9 Å². The first-order valence-corrected chi connectivity index (χ1v) is 9.02. The first kappa shape index (κ1) is 16.9. The Labute approximate surface area is 148 Å². The van der Waals surface area contributed by atoms with E-state index in [0.717, 1.165) is 17.0 Å². The molecule has 126 valence electrons. The maximum Gasteiger partial charge on any atom is 0.308 e. The van der Waals surface area contributed by atoms with Crippen molar-refractivity contribution in [3.05, 3.63) is 40.4 Å². The van der Waals surface area contributed by atoms with E-state index in [2.05, 4.69) is 10.3 Å². The van der Waals surface area contributed by atoms with E-state index in [1.54, 1.807) is 6.07 Å². The second kappa shape index (κ2) is 7.32. The Bertz CT molecular complexity index is 762. The molecular formula is C17H17ClN2O3S. The molecule has 1 saturated carbocycles. The fourth-order valence-corrected chi connectivity index (χ4v) is 4.14. The van der Waals surface area contributed by atoms with Crippen LogP contribution in [-0.4, -0.2) is 28.0 Å². The molecule has 0 radical (unpaired) electrons. The molecule has 5 nitrogen and oxygen atoms in total. The monoisotopic (exact) mass is 364 g/mol. The molecule has 3 rings (SSSR count). The number of amides is 1. The molecule has 0 spiro atoms. The smallest absolute Gasteiger partial charge is 0.308 e. The largest absolute Gasteiger partial charge is 0.481 e. The van der Waals surface area contributed by atoms with Crippen LogP contribution in [0.2, 0.25) is 5.02 Å². The highest BCUT2D eigenvalue weighted by Crippen LogP contribution is 2.30. The van der Waals surface area contributed by atoms with Gasteiger partial charge >= 0.3 is 5.97 Å². The summed E-state index contributed by atoms with van der Waals surface area (Å²) in [5, 5.41) is 15.2. The third kappa shape index (κ3) is 3.76. The third-order valence-electron chi connectivity index (χ3n) is 4.18. The predicted molar refractivity (Wildman–Crippen MR) is 93.2 cm³/mol. The first-order valence-electron chi connectivity index (χ1n) is 7.76. The minimum atomic E-state index is -0.840. The molecule has 1 amide bonds. The summed E-state index contributed by atoms with van der Waals surface area (Å²) in [6.45, 7) is 0. The predicted octanol–water partition coefficient (Wildman–Crippen LogP) is 3.38. The van der Waals surface area contributed by atoms with Gasteiger partial charge in [-0.15, -0.1) is 11.3 Å². The number of nitrogens with one attached hydrogen (secondary N) is 1. The van der Waals surface area contributed by atoms with E-state index in [0.29, 0.717) is 23.6 Å². The van der Waals surface area contributed by atoms with Crippen LogP contribution < -0.4 is 5.32 Å². The Morgan fingerprint density at radius 1 is 1.33 bits per heavy atom. The molecule has 0 aliphatic heterocycles. The number of aliphatic carboxylic acids is 1. The van der Waals surface area contributed by atoms with Gasteiger partial charge in [-0.2, -0.15) is 0 Å². The van der Waals surface area contributed by atoms with E-state index in [9.17, 15) is 9.59 Å². The number of thiazole rings is 1. The lowest BCUT2D eigenvalue weighted by Crippen LogP contribution is -2.40. The van der Waals surface area contributed by atoms with Crippen LogP contribution in [0.4, 0.5) is 0 Å². The normalized spacial score (nSPS) is 20.0. The molecule has 2 aromatic rings. The van der Waals surface area contributed by atoms with Crippen molar-refractivity contribution in [3.63, 3.8) is 0 Å². The van der Waals surface area contributed by atoms with Gasteiger partial charge in [0.2, 0.25) is 5.91 Å². The van der Waals surface area contributed by atoms with Gasteiger partial charge in [0.15, 0.2) is 0 Å². The zero-order valence-corrected chi connectivity index (χ0v) is 14.4. The Kier molecular flexibility index (Phi) is 5.16. The van der Waals surface area contributed by atoms with Gasteiger partial charge in [0.25, 0.3) is 0 Å². The van der Waals surface area contributed by atoms with Crippen LogP contribution in [0, 0.1) is 5.92 Å². The number of carbonyl (C=O) groups excluding carboxylic acids is 1. The summed E-state index contributed by atoms with van der Waals surface area (Å²) in [4.78, 5) is 27.8. The van der Waals surface area contributed by atoms with Gasteiger partial charge in [-0.05, 0) is 18.9 Å². The number of carboxylic acid groups (broad SMARTS) is 1. The van der Waals surface area contributed by atoms with Crippen molar-refractivity contribution in [1.29, 1.82) is 0 Å². The molecule has 1 aliphatic carbocycles. The van der Waals surface area contributed by atoms with E-state index in [4.69, 9.17) is 16.7 Å². The van der Waals surface area contributed by atoms with Gasteiger partial charge in [0.05, 0.1) is 23.1 Å². The quantitative estimate of drug-likeness (QED) is 0.852. The van der Waals surface area contributed by atoms with Gasteiger partial charge < -0.3 is 10.4 Å². The Morgan fingerprint density at radius 2 is 2.12 bits per heavy atom. The summed E-state index contributed by atoms with van der Waals surface area (Å²) in [6, 6.07) is 7.16. The highest BCUT2D eigenvalue weighted by molar-refractivity contribution is 7.13. The van der Waals surface area contributed by atoms with E-state index in [1.807, 2.05) is 23.6 Å². The van der Waals surface area contributed by atoms with Crippen LogP contribution in [0.3, 0.4) is 0 Å². The summed E-state index contributed by atoms with van der Waals surface area (Å²) in [5.74, 6) is -1.51. The number of hydrogen-bond acceptors (Lipinski definition) is 4. The summed E-state index contributed by atoms with van der Waals surface area (Å²) >= 11 is 7.60. The summed E-state index contributed by atoms with van der Waals surface area (Å²) in [7, 11) is 0. The fourth-order valence-electron chi connectivity index (χ4n) is 3.00. The second-order valence-corrected chi connectivity index (χ2v) is 7.12. The number of aromatic nitrogens is 1. The van der Waals surface area contributed by atoms with Crippen LogP contribution in [0.1, 0.15) is 25.0 Å². The summed E-state index contributed by atoms with van der Waals surface area (Å²) < 4.78 is 0. The zero-order valence-electron chi connectivity index (χ0n) is 12.9. The Balaban J connectivity index is 1.64. The number of carboxylic acids is 1. The summed E-state index contributed by atoms with van der Waals surface area (Å²) in [6.07, 6.45) is 2.30. The maximum absolute atomic E-state index is 12.2. The molecule has 0 saturated heterocycles. The number of carbonyl (C=O) groups is 2. The van der Waals surface area contributed by atoms with Crippen LogP contribution in [-0.2, 0) is 16.0 Å². The SMILES string of the molecule is O=C(Cc1csc(-c2ccccc2Cl)n1)N[C@H]1CCC[C@H]1C(=O)O. The number of benzene rings is 1. The zero-order chi connectivity index (χ0) is 17.1. The van der Waals surface area contributed by atoms with E-state index < -0.39 is 11.9 Å². The van der Waals surface area contributed by atoms with E-state index in [1.165, 1.54) is 11.3 Å². The van der Waals surface area contributed by atoms with Gasteiger partial charge in [-0.1, -0.05) is 36.2 Å². The average Bonchev–Trinajstić information content (AvgIpc) is 3.17. The second-order valence-electron chi connectivity index (χ2n) is 5.85. The van der Waals surface area contributed by atoms with Crippen LogP contribution in [0.5, 0.6) is 0 Å². The van der Waals surface area contributed by atoms with Gasteiger partial charge in [-0.25, -0.2) is 4.98 Å². The molecule has 24 heavy (non-hydrogen) atoms. The van der Waals surface area contributed by atoms with Gasteiger partial charge in [0.1, 0.15) is 5.01 Å².